The standard InChI is InChI=1S/C10H16F2O/c1-8(13)4-5-9-3-2-6-10(11,12)7-9/h9H,2-7H2,1H3. The summed E-state index contributed by atoms with van der Waals surface area (Å²) in [6, 6.07) is 0. The lowest BCUT2D eigenvalue weighted by molar-refractivity contribution is -0.117. The van der Waals surface area contributed by atoms with Crippen molar-refractivity contribution in [2.24, 2.45) is 5.92 Å². The Kier molecular flexibility index (Phi) is 3.40. The summed E-state index contributed by atoms with van der Waals surface area (Å²) >= 11 is 0. The SMILES string of the molecule is CC(=O)CCC1CCCC(F)(F)C1. The third-order valence-electron chi connectivity index (χ3n) is 2.65. The van der Waals surface area contributed by atoms with E-state index in [-0.39, 0.29) is 24.5 Å². The van der Waals surface area contributed by atoms with Gasteiger partial charge in [-0.3, -0.25) is 0 Å². The Morgan fingerprint density at radius 2 is 2.23 bits per heavy atom. The van der Waals surface area contributed by atoms with Gasteiger partial charge in [-0.1, -0.05) is 6.42 Å². The molecular formula is C10H16F2O. The lowest BCUT2D eigenvalue weighted by Gasteiger charge is -2.28. The first-order valence-corrected chi connectivity index (χ1v) is 4.87. The quantitative estimate of drug-likeness (QED) is 0.668. The first kappa shape index (κ1) is 10.6. The van der Waals surface area contributed by atoms with E-state index < -0.39 is 5.92 Å². The molecule has 1 aliphatic carbocycles. The molecule has 1 unspecified atom stereocenters. The molecule has 0 aliphatic heterocycles. The molecule has 1 atom stereocenters. The first-order chi connectivity index (χ1) is 5.99. The van der Waals surface area contributed by atoms with E-state index in [2.05, 4.69) is 0 Å². The second kappa shape index (κ2) is 4.16. The Morgan fingerprint density at radius 3 is 2.77 bits per heavy atom. The summed E-state index contributed by atoms with van der Waals surface area (Å²) in [5.41, 5.74) is 0. The topological polar surface area (TPSA) is 17.1 Å². The molecule has 1 saturated carbocycles. The zero-order valence-electron chi connectivity index (χ0n) is 7.98. The Balaban J connectivity index is 2.30. The molecule has 3 heteroatoms. The van der Waals surface area contributed by atoms with Crippen LogP contribution in [-0.2, 0) is 4.79 Å². The molecule has 1 aliphatic rings. The van der Waals surface area contributed by atoms with E-state index in [4.69, 9.17) is 0 Å². The number of carbonyl (C=O) groups excluding carboxylic acids is 1. The Bertz CT molecular complexity index is 189. The van der Waals surface area contributed by atoms with Crippen molar-refractivity contribution in [1.82, 2.24) is 0 Å². The summed E-state index contributed by atoms with van der Waals surface area (Å²) in [5.74, 6) is -2.30. The molecule has 0 heterocycles. The van der Waals surface area contributed by atoms with Gasteiger partial charge in [0.2, 0.25) is 5.92 Å². The highest BCUT2D eigenvalue weighted by Crippen LogP contribution is 2.38. The van der Waals surface area contributed by atoms with Crippen LogP contribution in [-0.4, -0.2) is 11.7 Å². The largest absolute Gasteiger partial charge is 0.300 e. The number of Topliss-reactive ketones (excluding diaryl/α,β-unsaturated/α-hetero) is 1. The number of ketones is 1. The van der Waals surface area contributed by atoms with Gasteiger partial charge in [-0.05, 0) is 25.7 Å². The van der Waals surface area contributed by atoms with Gasteiger partial charge < -0.3 is 4.79 Å². The number of rotatable bonds is 3. The normalized spacial score (nSPS) is 27.2. The Labute approximate surface area is 77.5 Å². The summed E-state index contributed by atoms with van der Waals surface area (Å²) < 4.78 is 25.8. The molecule has 0 N–H and O–H groups in total. The summed E-state index contributed by atoms with van der Waals surface area (Å²) in [5, 5.41) is 0. The van der Waals surface area contributed by atoms with E-state index in [1.54, 1.807) is 0 Å². The molecule has 1 rings (SSSR count). The third kappa shape index (κ3) is 3.83. The molecular weight excluding hydrogens is 174 g/mol. The van der Waals surface area contributed by atoms with E-state index in [0.717, 1.165) is 6.42 Å². The number of hydrogen-bond donors (Lipinski definition) is 0. The van der Waals surface area contributed by atoms with Gasteiger partial charge in [-0.15, -0.1) is 0 Å². The van der Waals surface area contributed by atoms with Gasteiger partial charge in [-0.2, -0.15) is 0 Å². The molecule has 0 aromatic carbocycles. The average Bonchev–Trinajstić information content (AvgIpc) is 1.99. The van der Waals surface area contributed by atoms with Crippen molar-refractivity contribution < 1.29 is 13.6 Å². The van der Waals surface area contributed by atoms with E-state index in [9.17, 15) is 13.6 Å². The lowest BCUT2D eigenvalue weighted by Crippen LogP contribution is -2.26. The molecule has 0 aromatic heterocycles. The van der Waals surface area contributed by atoms with Crippen LogP contribution >= 0.6 is 0 Å². The van der Waals surface area contributed by atoms with Crippen molar-refractivity contribution in [3.63, 3.8) is 0 Å². The van der Waals surface area contributed by atoms with Crippen LogP contribution in [0.1, 0.15) is 45.4 Å². The summed E-state index contributed by atoms with van der Waals surface area (Å²) in [6.07, 6.45) is 2.59. The minimum Gasteiger partial charge on any atom is -0.300 e. The van der Waals surface area contributed by atoms with Crippen LogP contribution in [0.4, 0.5) is 8.78 Å². The molecule has 0 aromatic rings. The fourth-order valence-electron chi connectivity index (χ4n) is 1.93. The molecule has 0 spiro atoms. The minimum absolute atomic E-state index is 0.0136. The smallest absolute Gasteiger partial charge is 0.248 e. The molecule has 0 saturated heterocycles. The van der Waals surface area contributed by atoms with Crippen molar-refractivity contribution in [2.45, 2.75) is 51.4 Å². The maximum atomic E-state index is 12.9. The van der Waals surface area contributed by atoms with E-state index in [0.29, 0.717) is 19.3 Å². The molecule has 76 valence electrons. The lowest BCUT2D eigenvalue weighted by atomic mass is 9.83. The first-order valence-electron chi connectivity index (χ1n) is 4.87. The second-order valence-corrected chi connectivity index (χ2v) is 4.06. The fraction of sp³-hybridized carbons (Fsp3) is 0.900. The van der Waals surface area contributed by atoms with E-state index >= 15 is 0 Å². The number of halogens is 2. The van der Waals surface area contributed by atoms with Crippen molar-refractivity contribution >= 4 is 5.78 Å². The molecule has 0 amide bonds. The van der Waals surface area contributed by atoms with E-state index in [1.807, 2.05) is 0 Å². The molecule has 1 nitrogen and oxygen atoms in total. The predicted octanol–water partition coefficient (Wildman–Crippen LogP) is 3.18. The average molecular weight is 190 g/mol. The van der Waals surface area contributed by atoms with Crippen molar-refractivity contribution in [2.75, 3.05) is 0 Å². The van der Waals surface area contributed by atoms with Gasteiger partial charge in [0.1, 0.15) is 5.78 Å². The summed E-state index contributed by atoms with van der Waals surface area (Å²) in [6.45, 7) is 1.51. The van der Waals surface area contributed by atoms with Gasteiger partial charge >= 0.3 is 0 Å². The van der Waals surface area contributed by atoms with Gasteiger partial charge in [0, 0.05) is 19.3 Å². The monoisotopic (exact) mass is 190 g/mol. The van der Waals surface area contributed by atoms with Crippen LogP contribution in [0.3, 0.4) is 0 Å². The molecule has 1 fully saturated rings. The molecule has 0 bridgehead atoms. The zero-order valence-corrected chi connectivity index (χ0v) is 7.98. The van der Waals surface area contributed by atoms with Gasteiger partial charge in [-0.25, -0.2) is 8.78 Å². The third-order valence-corrected chi connectivity index (χ3v) is 2.65. The van der Waals surface area contributed by atoms with Crippen LogP contribution in [0.25, 0.3) is 0 Å². The maximum absolute atomic E-state index is 12.9. The predicted molar refractivity (Wildman–Crippen MR) is 46.8 cm³/mol. The highest BCUT2D eigenvalue weighted by Gasteiger charge is 2.35. The Hall–Kier alpha value is -0.470. The minimum atomic E-state index is -2.47. The number of hydrogen-bond acceptors (Lipinski definition) is 1. The zero-order chi connectivity index (χ0) is 9.90. The Morgan fingerprint density at radius 1 is 1.54 bits per heavy atom. The van der Waals surface area contributed by atoms with Gasteiger partial charge in [0.05, 0.1) is 0 Å². The van der Waals surface area contributed by atoms with Crippen LogP contribution in [0, 0.1) is 5.92 Å². The molecule has 0 radical (unpaired) electrons. The van der Waals surface area contributed by atoms with Crippen molar-refractivity contribution in [3.05, 3.63) is 0 Å². The number of carbonyl (C=O) groups is 1. The maximum Gasteiger partial charge on any atom is 0.248 e. The van der Waals surface area contributed by atoms with E-state index in [1.165, 1.54) is 6.92 Å². The number of alkyl halides is 2. The van der Waals surface area contributed by atoms with Crippen molar-refractivity contribution in [3.8, 4) is 0 Å². The van der Waals surface area contributed by atoms with Crippen LogP contribution < -0.4 is 0 Å². The summed E-state index contributed by atoms with van der Waals surface area (Å²) in [4.78, 5) is 10.7. The van der Waals surface area contributed by atoms with Crippen LogP contribution in [0.5, 0.6) is 0 Å². The van der Waals surface area contributed by atoms with Crippen LogP contribution in [0.15, 0.2) is 0 Å². The summed E-state index contributed by atoms with van der Waals surface area (Å²) in [7, 11) is 0. The highest BCUT2D eigenvalue weighted by molar-refractivity contribution is 5.75. The second-order valence-electron chi connectivity index (χ2n) is 4.06. The van der Waals surface area contributed by atoms with Crippen LogP contribution in [0.2, 0.25) is 0 Å². The van der Waals surface area contributed by atoms with Gasteiger partial charge in [0.25, 0.3) is 0 Å². The molecule has 13 heavy (non-hydrogen) atoms. The van der Waals surface area contributed by atoms with Crippen molar-refractivity contribution in [1.29, 1.82) is 0 Å². The highest BCUT2D eigenvalue weighted by atomic mass is 19.3. The fourth-order valence-corrected chi connectivity index (χ4v) is 1.93. The van der Waals surface area contributed by atoms with Gasteiger partial charge in [0.15, 0.2) is 0 Å².